The Kier molecular flexibility index (Phi) is 16.2. The molecule has 2 N–H and O–H groups in total. The molecule has 0 aliphatic heterocycles. The van der Waals surface area contributed by atoms with Gasteiger partial charge in [-0.3, -0.25) is 18.5 Å². The summed E-state index contributed by atoms with van der Waals surface area (Å²) < 4.78 is 67.0. The van der Waals surface area contributed by atoms with Crippen molar-refractivity contribution in [3.05, 3.63) is 46.0 Å². The third-order valence-corrected chi connectivity index (χ3v) is 5.87. The second-order valence-electron chi connectivity index (χ2n) is 9.15. The van der Waals surface area contributed by atoms with Gasteiger partial charge in [0.05, 0.1) is 71.1 Å². The summed E-state index contributed by atoms with van der Waals surface area (Å²) in [7, 11) is 1.21. The molecule has 1 aromatic carbocycles. The number of hydrogen-bond donors (Lipinski definition) is 2. The average Bonchev–Trinajstić information content (AvgIpc) is 3.24. The number of benzene rings is 1. The van der Waals surface area contributed by atoms with E-state index in [2.05, 4.69) is 44.7 Å². The first-order chi connectivity index (χ1) is 18.3. The van der Waals surface area contributed by atoms with Crippen molar-refractivity contribution in [2.45, 2.75) is 19.4 Å². The van der Waals surface area contributed by atoms with Crippen LogP contribution >= 0.6 is 11.6 Å². The van der Waals surface area contributed by atoms with Crippen LogP contribution < -0.4 is 15.2 Å². The van der Waals surface area contributed by atoms with E-state index in [4.69, 9.17) is 11.6 Å². The van der Waals surface area contributed by atoms with Gasteiger partial charge in [0.2, 0.25) is 27.1 Å². The van der Waals surface area contributed by atoms with E-state index in [1.165, 1.54) is 6.07 Å². The van der Waals surface area contributed by atoms with Crippen LogP contribution in [0.2, 0.25) is 5.02 Å². The number of halogens is 1. The van der Waals surface area contributed by atoms with E-state index < -0.39 is 25.7 Å². The van der Waals surface area contributed by atoms with Crippen molar-refractivity contribution in [3.63, 3.8) is 0 Å². The van der Waals surface area contributed by atoms with Crippen molar-refractivity contribution >= 4 is 49.5 Å². The molecule has 40 heavy (non-hydrogen) atoms. The van der Waals surface area contributed by atoms with Crippen molar-refractivity contribution in [1.29, 1.82) is 0 Å². The summed E-state index contributed by atoms with van der Waals surface area (Å²) in [5, 5.41) is 18.2. The molecule has 16 nitrogen and oxygen atoms in total. The summed E-state index contributed by atoms with van der Waals surface area (Å²) in [6, 6.07) is 3.15. The van der Waals surface area contributed by atoms with Gasteiger partial charge in [-0.1, -0.05) is 11.6 Å². The Morgan fingerprint density at radius 1 is 1.00 bits per heavy atom. The highest BCUT2D eigenvalue weighted by molar-refractivity contribution is 7.81. The van der Waals surface area contributed by atoms with E-state index in [-0.39, 0.29) is 5.69 Å². The van der Waals surface area contributed by atoms with Gasteiger partial charge in [0.15, 0.2) is 0 Å². The van der Waals surface area contributed by atoms with Gasteiger partial charge in [0, 0.05) is 32.0 Å². The summed E-state index contributed by atoms with van der Waals surface area (Å²) in [6.07, 6.45) is 7.81. The highest BCUT2D eigenvalue weighted by Gasteiger charge is 2.17. The molecule has 1 heterocycles. The Hall–Kier alpha value is -2.58. The zero-order valence-corrected chi connectivity index (χ0v) is 25.6. The fourth-order valence-corrected chi connectivity index (χ4v) is 3.11. The molecule has 0 radical (unpaired) electrons. The van der Waals surface area contributed by atoms with E-state index in [0.29, 0.717) is 22.9 Å². The van der Waals surface area contributed by atoms with Gasteiger partial charge in [-0.05, 0) is 6.07 Å². The van der Waals surface area contributed by atoms with Crippen LogP contribution in [-0.2, 0) is 42.8 Å². The lowest BCUT2D eigenvalue weighted by molar-refractivity contribution is -0.870. The number of aromatic nitrogens is 2. The summed E-state index contributed by atoms with van der Waals surface area (Å²) in [5.41, 5.74) is 1.20. The minimum absolute atomic E-state index is 0.00530. The number of nitrogens with zero attached hydrogens (tertiary/aromatic N) is 4. The van der Waals surface area contributed by atoms with Crippen molar-refractivity contribution in [2.24, 2.45) is 7.05 Å². The third kappa shape index (κ3) is 18.7. The number of imidazole rings is 1. The molecule has 0 aliphatic carbocycles. The Morgan fingerprint density at radius 2 is 1.50 bits per heavy atom. The molecule has 2 aromatic rings. The first kappa shape index (κ1) is 37.4. The molecule has 0 unspecified atom stereocenters. The van der Waals surface area contributed by atoms with Crippen LogP contribution in [0.25, 0.3) is 0 Å². The summed E-state index contributed by atoms with van der Waals surface area (Å²) in [5.74, 6) is 0. The minimum Gasteiger partial charge on any atom is -0.726 e. The highest BCUT2D eigenvalue weighted by atomic mass is 35.5. The SMILES string of the molecule is COS(=O)(=O)[O-].COS(=O)(=O)[O-].C[n+]1ccn(CCCNc2cc(NCCC[N+](C)(C)C)c(Cl)cc2[N+](=O)[O-])c1. The number of aryl methyl sites for hydroxylation is 2. The number of nitro benzene ring substituents is 1. The lowest BCUT2D eigenvalue weighted by atomic mass is 10.2. The Balaban J connectivity index is 0.00000106. The van der Waals surface area contributed by atoms with Gasteiger partial charge < -0.3 is 24.2 Å². The van der Waals surface area contributed by atoms with Crippen LogP contribution in [0.1, 0.15) is 12.8 Å². The summed E-state index contributed by atoms with van der Waals surface area (Å²) in [6.45, 7) is 3.26. The molecular formula is C21H37ClN6O10S2. The fraction of sp³-hybridized carbons (Fsp3) is 0.571. The molecule has 2 rings (SSSR count). The van der Waals surface area contributed by atoms with Crippen molar-refractivity contribution in [3.8, 4) is 0 Å². The molecule has 0 amide bonds. The molecule has 19 heteroatoms. The lowest BCUT2D eigenvalue weighted by Gasteiger charge is -2.24. The maximum Gasteiger partial charge on any atom is 0.293 e. The van der Waals surface area contributed by atoms with Crippen LogP contribution in [0.3, 0.4) is 0 Å². The zero-order valence-electron chi connectivity index (χ0n) is 23.2. The molecule has 0 fully saturated rings. The van der Waals surface area contributed by atoms with E-state index >= 15 is 0 Å². The molecule has 0 aliphatic rings. The number of rotatable bonds is 13. The highest BCUT2D eigenvalue weighted by Crippen LogP contribution is 2.34. The standard InChI is InChI=1S/C19H31ClN6O2.2CH4O4S/c1-23-10-11-24(15-23)9-5-7-22-18-14-17(16(20)13-19(18)25(27)28)21-8-6-12-26(2,3)4;2*1-5-6(2,3)4/h10-11,13-15,21-22H,5-9,12H2,1-4H3;2*1H3,(H,2,3,4)/q+2;;/p-2. The number of nitrogens with one attached hydrogen (secondary N) is 2. The molecule has 1 aromatic heterocycles. The number of anilines is 2. The van der Waals surface area contributed by atoms with Crippen LogP contribution in [0.5, 0.6) is 0 Å². The van der Waals surface area contributed by atoms with Gasteiger partial charge in [0.25, 0.3) is 5.69 Å². The molecule has 0 saturated heterocycles. The zero-order chi connectivity index (χ0) is 31.1. The number of quaternary nitrogens is 1. The molecule has 230 valence electrons. The van der Waals surface area contributed by atoms with Crippen molar-refractivity contribution in [1.82, 2.24) is 4.57 Å². The van der Waals surface area contributed by atoms with Gasteiger partial charge >= 0.3 is 0 Å². The monoisotopic (exact) mass is 632 g/mol. The summed E-state index contributed by atoms with van der Waals surface area (Å²) >= 11 is 6.25. The summed E-state index contributed by atoms with van der Waals surface area (Å²) in [4.78, 5) is 11.0. The van der Waals surface area contributed by atoms with Crippen LogP contribution in [0.15, 0.2) is 30.9 Å². The maximum atomic E-state index is 11.4. The van der Waals surface area contributed by atoms with E-state index in [1.54, 1.807) is 6.07 Å². The van der Waals surface area contributed by atoms with Crippen molar-refractivity contribution < 1.29 is 48.3 Å². The predicted molar refractivity (Wildman–Crippen MR) is 146 cm³/mol. The first-order valence-electron chi connectivity index (χ1n) is 11.6. The normalized spacial score (nSPS) is 11.5. The maximum absolute atomic E-state index is 11.4. The van der Waals surface area contributed by atoms with Crippen molar-refractivity contribution in [2.75, 3.05) is 65.6 Å². The van der Waals surface area contributed by atoms with Gasteiger partial charge in [-0.2, -0.15) is 0 Å². The Bertz CT molecular complexity index is 1250. The molecule has 0 saturated carbocycles. The quantitative estimate of drug-likeness (QED) is 0.0604. The topological polar surface area (TPSA) is 209 Å². The largest absolute Gasteiger partial charge is 0.726 e. The molecule has 0 spiro atoms. The molecular weight excluding hydrogens is 596 g/mol. The van der Waals surface area contributed by atoms with Gasteiger partial charge in [-0.25, -0.2) is 26.0 Å². The molecule has 0 bridgehead atoms. The van der Waals surface area contributed by atoms with E-state index in [1.807, 2.05) is 30.3 Å². The van der Waals surface area contributed by atoms with Crippen LogP contribution in [0, 0.1) is 10.1 Å². The number of nitro groups is 1. The predicted octanol–water partition coefficient (Wildman–Crippen LogP) is 1.07. The van der Waals surface area contributed by atoms with Crippen LogP contribution in [-0.4, -0.2) is 94.9 Å². The second kappa shape index (κ2) is 17.3. The fourth-order valence-electron chi connectivity index (χ4n) is 2.89. The Morgan fingerprint density at radius 3 is 1.93 bits per heavy atom. The first-order valence-corrected chi connectivity index (χ1v) is 14.6. The smallest absolute Gasteiger partial charge is 0.293 e. The Labute approximate surface area is 240 Å². The van der Waals surface area contributed by atoms with Gasteiger partial charge in [0.1, 0.15) is 18.1 Å². The average molecular weight is 633 g/mol. The van der Waals surface area contributed by atoms with E-state index in [0.717, 1.165) is 51.2 Å². The molecule has 0 atom stereocenters. The van der Waals surface area contributed by atoms with E-state index in [9.17, 15) is 36.1 Å². The van der Waals surface area contributed by atoms with Gasteiger partial charge in [-0.15, -0.1) is 0 Å². The second-order valence-corrected chi connectivity index (χ2v) is 11.9. The lowest BCUT2D eigenvalue weighted by Crippen LogP contribution is -2.36. The number of hydrogen-bond acceptors (Lipinski definition) is 12. The van der Waals surface area contributed by atoms with Crippen LogP contribution in [0.4, 0.5) is 17.1 Å². The minimum atomic E-state index is -4.41. The third-order valence-electron chi connectivity index (χ3n) is 4.74.